The number of hydrogen-bond donors (Lipinski definition) is 0. The van der Waals surface area contributed by atoms with Gasteiger partial charge in [-0.2, -0.15) is 0 Å². The van der Waals surface area contributed by atoms with Gasteiger partial charge in [-0.15, -0.1) is 0 Å². The Morgan fingerprint density at radius 1 is 1.31 bits per heavy atom. The average molecular weight is 223 g/mol. The first-order valence-electron chi connectivity index (χ1n) is 6.08. The van der Waals surface area contributed by atoms with Gasteiger partial charge in [-0.3, -0.25) is 4.99 Å². The molecule has 1 heterocycles. The predicted molar refractivity (Wildman–Crippen MR) is 73.6 cm³/mol. The number of nitrogens with zero attached hydrogens (tertiary/aromatic N) is 3. The smallest absolute Gasteiger partial charge is 0.126 e. The largest absolute Gasteiger partial charge is 0.306 e. The SMILES string of the molecule is C=CC=NC(=NC)C1CCN(C)CC1.CC. The van der Waals surface area contributed by atoms with Gasteiger partial charge in [0.05, 0.1) is 0 Å². The van der Waals surface area contributed by atoms with Crippen molar-refractivity contribution in [3.05, 3.63) is 12.7 Å². The molecule has 3 heteroatoms. The lowest BCUT2D eigenvalue weighted by Crippen LogP contribution is -2.33. The Bertz CT molecular complexity index is 236. The van der Waals surface area contributed by atoms with Gasteiger partial charge in [-0.25, -0.2) is 4.99 Å². The van der Waals surface area contributed by atoms with Crippen LogP contribution in [0.3, 0.4) is 0 Å². The van der Waals surface area contributed by atoms with Crippen molar-refractivity contribution in [1.82, 2.24) is 4.90 Å². The molecule has 0 saturated carbocycles. The fourth-order valence-electron chi connectivity index (χ4n) is 1.74. The van der Waals surface area contributed by atoms with Crippen molar-refractivity contribution in [2.24, 2.45) is 15.9 Å². The Morgan fingerprint density at radius 3 is 2.31 bits per heavy atom. The van der Waals surface area contributed by atoms with Gasteiger partial charge >= 0.3 is 0 Å². The number of aliphatic imine (C=N–C) groups is 2. The van der Waals surface area contributed by atoms with E-state index in [1.54, 1.807) is 12.3 Å². The van der Waals surface area contributed by atoms with E-state index in [1.807, 2.05) is 20.9 Å². The fourth-order valence-corrected chi connectivity index (χ4v) is 1.74. The third kappa shape index (κ3) is 5.21. The normalized spacial score (nSPS) is 19.4. The number of rotatable bonds is 2. The average Bonchev–Trinajstić information content (AvgIpc) is 2.35. The van der Waals surface area contributed by atoms with E-state index >= 15 is 0 Å². The molecular formula is C13H25N3. The maximum Gasteiger partial charge on any atom is 0.126 e. The van der Waals surface area contributed by atoms with Crippen molar-refractivity contribution >= 4 is 12.1 Å². The molecule has 3 nitrogen and oxygen atoms in total. The van der Waals surface area contributed by atoms with E-state index in [-0.39, 0.29) is 0 Å². The van der Waals surface area contributed by atoms with Crippen LogP contribution in [0.25, 0.3) is 0 Å². The van der Waals surface area contributed by atoms with Crippen LogP contribution in [0.2, 0.25) is 0 Å². The Labute approximate surface area is 100.0 Å². The summed E-state index contributed by atoms with van der Waals surface area (Å²) in [5, 5.41) is 0. The van der Waals surface area contributed by atoms with Gasteiger partial charge in [0.15, 0.2) is 0 Å². The lowest BCUT2D eigenvalue weighted by Gasteiger charge is -2.28. The first kappa shape index (κ1) is 15.0. The molecule has 92 valence electrons. The van der Waals surface area contributed by atoms with Crippen molar-refractivity contribution in [3.8, 4) is 0 Å². The van der Waals surface area contributed by atoms with Crippen LogP contribution in [0.1, 0.15) is 26.7 Å². The van der Waals surface area contributed by atoms with Crippen LogP contribution in [0.15, 0.2) is 22.6 Å². The summed E-state index contributed by atoms with van der Waals surface area (Å²) >= 11 is 0. The van der Waals surface area contributed by atoms with Crippen LogP contribution >= 0.6 is 0 Å². The molecule has 1 aliphatic rings. The summed E-state index contributed by atoms with van der Waals surface area (Å²) in [6.07, 6.45) is 5.75. The lowest BCUT2D eigenvalue weighted by molar-refractivity contribution is 0.251. The van der Waals surface area contributed by atoms with E-state index in [2.05, 4.69) is 28.5 Å². The molecule has 16 heavy (non-hydrogen) atoms. The van der Waals surface area contributed by atoms with E-state index in [1.165, 1.54) is 0 Å². The topological polar surface area (TPSA) is 28.0 Å². The third-order valence-corrected chi connectivity index (χ3v) is 2.63. The van der Waals surface area contributed by atoms with E-state index in [4.69, 9.17) is 0 Å². The van der Waals surface area contributed by atoms with Crippen molar-refractivity contribution in [2.75, 3.05) is 27.2 Å². The molecule has 0 aromatic carbocycles. The number of allylic oxidation sites excluding steroid dienone is 1. The molecule has 0 aliphatic carbocycles. The van der Waals surface area contributed by atoms with Crippen LogP contribution in [0.5, 0.6) is 0 Å². The number of hydrogen-bond acceptors (Lipinski definition) is 2. The van der Waals surface area contributed by atoms with E-state index < -0.39 is 0 Å². The molecule has 1 rings (SSSR count). The molecule has 0 spiro atoms. The second-order valence-electron chi connectivity index (χ2n) is 3.67. The predicted octanol–water partition coefficient (Wildman–Crippen LogP) is 2.64. The Morgan fingerprint density at radius 2 is 1.88 bits per heavy atom. The first-order chi connectivity index (χ1) is 7.77. The minimum absolute atomic E-state index is 0.535. The van der Waals surface area contributed by atoms with Gasteiger partial charge in [0, 0.05) is 19.2 Å². The zero-order chi connectivity index (χ0) is 12.4. The summed E-state index contributed by atoms with van der Waals surface area (Å²) in [5.41, 5.74) is 0. The zero-order valence-electron chi connectivity index (χ0n) is 11.1. The molecule has 0 aromatic heterocycles. The highest BCUT2D eigenvalue weighted by Gasteiger charge is 2.20. The molecule has 0 radical (unpaired) electrons. The van der Waals surface area contributed by atoms with Gasteiger partial charge in [-0.05, 0) is 33.0 Å². The van der Waals surface area contributed by atoms with Crippen LogP contribution in [0, 0.1) is 5.92 Å². The number of amidine groups is 1. The van der Waals surface area contributed by atoms with Crippen LogP contribution in [-0.2, 0) is 0 Å². The van der Waals surface area contributed by atoms with Crippen molar-refractivity contribution in [1.29, 1.82) is 0 Å². The van der Waals surface area contributed by atoms with E-state index in [0.717, 1.165) is 31.8 Å². The molecule has 0 aromatic rings. The van der Waals surface area contributed by atoms with Crippen LogP contribution in [0.4, 0.5) is 0 Å². The number of likely N-dealkylation sites (tertiary alicyclic amines) is 1. The Balaban J connectivity index is 0.00000106. The zero-order valence-corrected chi connectivity index (χ0v) is 11.1. The monoisotopic (exact) mass is 223 g/mol. The molecule has 1 fully saturated rings. The van der Waals surface area contributed by atoms with Gasteiger partial charge in [0.1, 0.15) is 5.84 Å². The molecule has 0 unspecified atom stereocenters. The van der Waals surface area contributed by atoms with Crippen LogP contribution in [-0.4, -0.2) is 44.1 Å². The quantitative estimate of drug-likeness (QED) is 0.522. The van der Waals surface area contributed by atoms with Gasteiger partial charge in [-0.1, -0.05) is 26.5 Å². The third-order valence-electron chi connectivity index (χ3n) is 2.63. The summed E-state index contributed by atoms with van der Waals surface area (Å²) in [4.78, 5) is 10.9. The molecule has 0 amide bonds. The highest BCUT2D eigenvalue weighted by molar-refractivity contribution is 5.93. The van der Waals surface area contributed by atoms with Crippen LogP contribution < -0.4 is 0 Å². The summed E-state index contributed by atoms with van der Waals surface area (Å²) in [7, 11) is 3.97. The van der Waals surface area contributed by atoms with Gasteiger partial charge in [0.25, 0.3) is 0 Å². The van der Waals surface area contributed by atoms with Gasteiger partial charge < -0.3 is 4.90 Å². The molecule has 0 bridgehead atoms. The Kier molecular flexibility index (Phi) is 8.72. The summed E-state index contributed by atoms with van der Waals surface area (Å²) in [5.74, 6) is 1.50. The van der Waals surface area contributed by atoms with Crippen molar-refractivity contribution < 1.29 is 0 Å². The first-order valence-corrected chi connectivity index (χ1v) is 6.08. The summed E-state index contributed by atoms with van der Waals surface area (Å²) < 4.78 is 0. The second-order valence-corrected chi connectivity index (χ2v) is 3.67. The lowest BCUT2D eigenvalue weighted by atomic mass is 9.96. The molecule has 0 atom stereocenters. The van der Waals surface area contributed by atoms with Crippen molar-refractivity contribution in [3.63, 3.8) is 0 Å². The summed E-state index contributed by atoms with van der Waals surface area (Å²) in [6, 6.07) is 0. The van der Waals surface area contributed by atoms with E-state index in [0.29, 0.717) is 5.92 Å². The number of piperidine rings is 1. The standard InChI is InChI=1S/C11H19N3.C2H6/c1-4-7-13-11(12-2)10-5-8-14(3)9-6-10;1-2/h4,7,10H,1,5-6,8-9H2,2-3H3;1-2H3. The van der Waals surface area contributed by atoms with E-state index in [9.17, 15) is 0 Å². The second kappa shape index (κ2) is 9.28. The molecule has 0 N–H and O–H groups in total. The molecule has 1 saturated heterocycles. The maximum atomic E-state index is 4.30. The Hall–Kier alpha value is -0.960. The minimum atomic E-state index is 0.535. The minimum Gasteiger partial charge on any atom is -0.306 e. The fraction of sp³-hybridized carbons (Fsp3) is 0.692. The van der Waals surface area contributed by atoms with Crippen molar-refractivity contribution in [2.45, 2.75) is 26.7 Å². The summed E-state index contributed by atoms with van der Waals surface area (Å²) in [6.45, 7) is 9.90. The highest BCUT2D eigenvalue weighted by atomic mass is 15.1. The molecular weight excluding hydrogens is 198 g/mol. The molecule has 1 aliphatic heterocycles. The highest BCUT2D eigenvalue weighted by Crippen LogP contribution is 2.18. The van der Waals surface area contributed by atoms with Gasteiger partial charge in [0.2, 0.25) is 0 Å². The maximum absolute atomic E-state index is 4.30.